The molecule has 0 amide bonds. The highest BCUT2D eigenvalue weighted by molar-refractivity contribution is 4.90. The third-order valence-corrected chi connectivity index (χ3v) is 3.18. The van der Waals surface area contributed by atoms with Crippen molar-refractivity contribution in [1.82, 2.24) is 10.2 Å². The Labute approximate surface area is 88.1 Å². The van der Waals surface area contributed by atoms with Gasteiger partial charge in [0.15, 0.2) is 0 Å². The van der Waals surface area contributed by atoms with Gasteiger partial charge in [-0.15, -0.1) is 6.42 Å². The van der Waals surface area contributed by atoms with Gasteiger partial charge in [0.25, 0.3) is 0 Å². The summed E-state index contributed by atoms with van der Waals surface area (Å²) >= 11 is 0. The highest BCUT2D eigenvalue weighted by Gasteiger charge is 2.22. The average Bonchev–Trinajstić information content (AvgIpc) is 2.20. The molecule has 0 radical (unpaired) electrons. The van der Waals surface area contributed by atoms with Crippen molar-refractivity contribution in [3.8, 4) is 12.3 Å². The van der Waals surface area contributed by atoms with Gasteiger partial charge < -0.3 is 5.32 Å². The lowest BCUT2D eigenvalue weighted by molar-refractivity contribution is 0.178. The van der Waals surface area contributed by atoms with Gasteiger partial charge in [0.1, 0.15) is 0 Å². The molecular formula is C12H22N2. The molecule has 0 aromatic heterocycles. The molecule has 1 N–H and O–H groups in total. The fourth-order valence-electron chi connectivity index (χ4n) is 2.23. The first kappa shape index (κ1) is 11.6. The van der Waals surface area contributed by atoms with Crippen molar-refractivity contribution in [1.29, 1.82) is 0 Å². The first-order valence-corrected chi connectivity index (χ1v) is 5.67. The van der Waals surface area contributed by atoms with Crippen LogP contribution in [-0.4, -0.2) is 37.1 Å². The summed E-state index contributed by atoms with van der Waals surface area (Å²) in [5.41, 5.74) is 0. The highest BCUT2D eigenvalue weighted by atomic mass is 15.1. The van der Waals surface area contributed by atoms with Gasteiger partial charge in [-0.05, 0) is 45.3 Å². The Hall–Kier alpha value is -0.520. The molecule has 1 saturated heterocycles. The minimum absolute atomic E-state index is 0.660. The number of hydrogen-bond acceptors (Lipinski definition) is 2. The third kappa shape index (κ3) is 3.32. The van der Waals surface area contributed by atoms with Crippen LogP contribution in [0, 0.1) is 18.3 Å². The Bertz CT molecular complexity index is 187. The lowest BCUT2D eigenvalue weighted by Gasteiger charge is -2.34. The Kier molecular flexibility index (Phi) is 5.00. The molecule has 1 unspecified atom stereocenters. The molecule has 0 aromatic rings. The molecule has 0 bridgehead atoms. The molecular weight excluding hydrogens is 172 g/mol. The normalized spacial score (nSPS) is 21.8. The molecule has 1 heterocycles. The third-order valence-electron chi connectivity index (χ3n) is 3.18. The summed E-state index contributed by atoms with van der Waals surface area (Å²) in [5, 5.41) is 3.50. The van der Waals surface area contributed by atoms with Crippen LogP contribution in [0.5, 0.6) is 0 Å². The Morgan fingerprint density at radius 1 is 1.50 bits per heavy atom. The molecule has 0 aromatic carbocycles. The van der Waals surface area contributed by atoms with Gasteiger partial charge in [-0.3, -0.25) is 4.90 Å². The maximum atomic E-state index is 5.30. The number of rotatable bonds is 4. The van der Waals surface area contributed by atoms with Crippen molar-refractivity contribution in [2.75, 3.05) is 26.2 Å². The maximum absolute atomic E-state index is 5.30. The topological polar surface area (TPSA) is 15.3 Å². The molecule has 0 saturated carbocycles. The summed E-state index contributed by atoms with van der Waals surface area (Å²) in [6, 6.07) is 0.660. The van der Waals surface area contributed by atoms with Crippen LogP contribution in [-0.2, 0) is 0 Å². The lowest BCUT2D eigenvalue weighted by atomic mass is 9.90. The largest absolute Gasteiger partial charge is 0.314 e. The zero-order chi connectivity index (χ0) is 10.4. The first-order chi connectivity index (χ1) is 6.77. The van der Waals surface area contributed by atoms with Crippen molar-refractivity contribution < 1.29 is 0 Å². The van der Waals surface area contributed by atoms with Crippen LogP contribution in [0.1, 0.15) is 26.7 Å². The first-order valence-electron chi connectivity index (χ1n) is 5.67. The standard InChI is InChI=1S/C12H22N2/c1-4-8-14-9-6-12(7-10-14)11(3)13-5-2/h1,11-13H,5-10H2,2-3H3. The summed E-state index contributed by atoms with van der Waals surface area (Å²) in [6.07, 6.45) is 7.87. The molecule has 1 aliphatic rings. The number of nitrogens with zero attached hydrogens (tertiary/aromatic N) is 1. The van der Waals surface area contributed by atoms with Crippen LogP contribution < -0.4 is 5.32 Å². The van der Waals surface area contributed by atoms with Gasteiger partial charge in [0.05, 0.1) is 6.54 Å². The van der Waals surface area contributed by atoms with Gasteiger partial charge in [-0.25, -0.2) is 0 Å². The van der Waals surface area contributed by atoms with Gasteiger partial charge in [-0.2, -0.15) is 0 Å². The monoisotopic (exact) mass is 194 g/mol. The quantitative estimate of drug-likeness (QED) is 0.679. The fraction of sp³-hybridized carbons (Fsp3) is 0.833. The van der Waals surface area contributed by atoms with E-state index in [4.69, 9.17) is 6.42 Å². The highest BCUT2D eigenvalue weighted by Crippen LogP contribution is 2.20. The number of hydrogen-bond donors (Lipinski definition) is 1. The lowest BCUT2D eigenvalue weighted by Crippen LogP contribution is -2.41. The van der Waals surface area contributed by atoms with Crippen LogP contribution in [0.25, 0.3) is 0 Å². The van der Waals surface area contributed by atoms with Crippen molar-refractivity contribution in [2.24, 2.45) is 5.92 Å². The minimum atomic E-state index is 0.660. The summed E-state index contributed by atoms with van der Waals surface area (Å²) in [7, 11) is 0. The van der Waals surface area contributed by atoms with E-state index in [1.807, 2.05) is 0 Å². The molecule has 1 fully saturated rings. The molecule has 14 heavy (non-hydrogen) atoms. The second kappa shape index (κ2) is 6.06. The predicted octanol–water partition coefficient (Wildman–Crippen LogP) is 1.33. The smallest absolute Gasteiger partial charge is 0.0598 e. The van der Waals surface area contributed by atoms with Gasteiger partial charge >= 0.3 is 0 Å². The van der Waals surface area contributed by atoms with E-state index >= 15 is 0 Å². The number of piperidine rings is 1. The Balaban J connectivity index is 2.25. The summed E-state index contributed by atoms with van der Waals surface area (Å²) in [6.45, 7) is 8.71. The molecule has 0 spiro atoms. The van der Waals surface area contributed by atoms with E-state index in [-0.39, 0.29) is 0 Å². The van der Waals surface area contributed by atoms with Gasteiger partial charge in [0.2, 0.25) is 0 Å². The fourth-order valence-corrected chi connectivity index (χ4v) is 2.23. The van der Waals surface area contributed by atoms with Crippen LogP contribution in [0.4, 0.5) is 0 Å². The molecule has 2 heteroatoms. The molecule has 2 nitrogen and oxygen atoms in total. The zero-order valence-electron chi connectivity index (χ0n) is 9.42. The second-order valence-electron chi connectivity index (χ2n) is 4.16. The van der Waals surface area contributed by atoms with Crippen molar-refractivity contribution in [2.45, 2.75) is 32.7 Å². The van der Waals surface area contributed by atoms with Crippen LogP contribution in [0.15, 0.2) is 0 Å². The Morgan fingerprint density at radius 3 is 2.64 bits per heavy atom. The predicted molar refractivity (Wildman–Crippen MR) is 61.1 cm³/mol. The SMILES string of the molecule is C#CCN1CCC(C(C)NCC)CC1. The molecule has 1 aliphatic heterocycles. The van der Waals surface area contributed by atoms with E-state index in [9.17, 15) is 0 Å². The van der Waals surface area contributed by atoms with Crippen molar-refractivity contribution in [3.05, 3.63) is 0 Å². The van der Waals surface area contributed by atoms with E-state index in [0.717, 1.165) is 19.0 Å². The van der Waals surface area contributed by atoms with E-state index in [1.165, 1.54) is 25.9 Å². The molecule has 80 valence electrons. The van der Waals surface area contributed by atoms with E-state index < -0.39 is 0 Å². The van der Waals surface area contributed by atoms with Crippen molar-refractivity contribution >= 4 is 0 Å². The van der Waals surface area contributed by atoms with Crippen LogP contribution >= 0.6 is 0 Å². The van der Waals surface area contributed by atoms with Crippen molar-refractivity contribution in [3.63, 3.8) is 0 Å². The second-order valence-corrected chi connectivity index (χ2v) is 4.16. The number of terminal acetylenes is 1. The van der Waals surface area contributed by atoms with E-state index in [0.29, 0.717) is 6.04 Å². The van der Waals surface area contributed by atoms with E-state index in [1.54, 1.807) is 0 Å². The Morgan fingerprint density at radius 2 is 2.14 bits per heavy atom. The van der Waals surface area contributed by atoms with Gasteiger partial charge in [-0.1, -0.05) is 12.8 Å². The zero-order valence-corrected chi connectivity index (χ0v) is 9.42. The van der Waals surface area contributed by atoms with E-state index in [2.05, 4.69) is 30.0 Å². The molecule has 0 aliphatic carbocycles. The number of nitrogens with one attached hydrogen (secondary N) is 1. The molecule has 1 rings (SSSR count). The van der Waals surface area contributed by atoms with Crippen LogP contribution in [0.2, 0.25) is 0 Å². The summed E-state index contributed by atoms with van der Waals surface area (Å²) in [5.74, 6) is 3.55. The number of likely N-dealkylation sites (tertiary alicyclic amines) is 1. The average molecular weight is 194 g/mol. The van der Waals surface area contributed by atoms with Gasteiger partial charge in [0, 0.05) is 6.04 Å². The van der Waals surface area contributed by atoms with Crippen LogP contribution in [0.3, 0.4) is 0 Å². The molecule has 1 atom stereocenters. The maximum Gasteiger partial charge on any atom is 0.0598 e. The summed E-state index contributed by atoms with van der Waals surface area (Å²) in [4.78, 5) is 2.37. The minimum Gasteiger partial charge on any atom is -0.314 e. The summed E-state index contributed by atoms with van der Waals surface area (Å²) < 4.78 is 0.